The van der Waals surface area contributed by atoms with Gasteiger partial charge in [0.2, 0.25) is 0 Å². The molecule has 0 unspecified atom stereocenters. The minimum Gasteiger partial charge on any atom is -0.496 e. The Hall–Kier alpha value is -2.80. The highest BCUT2D eigenvalue weighted by Gasteiger charge is 2.20. The molecule has 7 nitrogen and oxygen atoms in total. The van der Waals surface area contributed by atoms with Gasteiger partial charge in [-0.15, -0.1) is 0 Å². The van der Waals surface area contributed by atoms with Crippen molar-refractivity contribution in [3.8, 4) is 11.5 Å². The largest absolute Gasteiger partial charge is 0.496 e. The Kier molecular flexibility index (Phi) is 6.14. The van der Waals surface area contributed by atoms with Crippen molar-refractivity contribution in [3.63, 3.8) is 0 Å². The Bertz CT molecular complexity index is 936. The summed E-state index contributed by atoms with van der Waals surface area (Å²) < 4.78 is 13.3. The molecule has 0 amide bonds. The van der Waals surface area contributed by atoms with Crippen LogP contribution in [-0.4, -0.2) is 48.4 Å². The quantitative estimate of drug-likeness (QED) is 0.561. The first-order valence-corrected chi connectivity index (χ1v) is 10.3. The molecule has 1 N–H and O–H groups in total. The fourth-order valence-corrected chi connectivity index (χ4v) is 3.95. The molecule has 0 atom stereocenters. The highest BCUT2D eigenvalue weighted by molar-refractivity contribution is 5.92. The van der Waals surface area contributed by atoms with E-state index in [2.05, 4.69) is 25.8 Å². The van der Waals surface area contributed by atoms with Gasteiger partial charge in [-0.1, -0.05) is 0 Å². The molecule has 154 valence electrons. The summed E-state index contributed by atoms with van der Waals surface area (Å²) in [5.41, 5.74) is 2.06. The molecule has 1 aromatic carbocycles. The van der Waals surface area contributed by atoms with Crippen LogP contribution < -0.4 is 19.7 Å². The number of hydrogen-bond acceptors (Lipinski definition) is 6. The second-order valence-corrected chi connectivity index (χ2v) is 7.36. The van der Waals surface area contributed by atoms with Crippen molar-refractivity contribution in [1.82, 2.24) is 19.9 Å². The summed E-state index contributed by atoms with van der Waals surface area (Å²) in [6, 6.07) is 6.08. The molecule has 1 aliphatic heterocycles. The van der Waals surface area contributed by atoms with Crippen molar-refractivity contribution in [2.24, 2.45) is 0 Å². The van der Waals surface area contributed by atoms with Crippen LogP contribution in [0.25, 0.3) is 10.9 Å². The van der Waals surface area contributed by atoms with Gasteiger partial charge in [-0.3, -0.25) is 0 Å². The van der Waals surface area contributed by atoms with Crippen LogP contribution >= 0.6 is 0 Å². The number of ether oxygens (including phenoxy) is 2. The van der Waals surface area contributed by atoms with Gasteiger partial charge in [-0.25, -0.2) is 9.97 Å². The molecular weight excluding hydrogens is 366 g/mol. The van der Waals surface area contributed by atoms with Gasteiger partial charge in [0.1, 0.15) is 22.8 Å². The van der Waals surface area contributed by atoms with E-state index >= 15 is 0 Å². The number of nitrogens with one attached hydrogen (secondary N) is 1. The van der Waals surface area contributed by atoms with Gasteiger partial charge in [0.25, 0.3) is 0 Å². The average molecular weight is 396 g/mol. The highest BCUT2D eigenvalue weighted by Crippen LogP contribution is 2.36. The number of aryl methyl sites for hydroxylation is 1. The Morgan fingerprint density at radius 1 is 1.10 bits per heavy atom. The first kappa shape index (κ1) is 19.5. The lowest BCUT2D eigenvalue weighted by Gasteiger charge is -2.22. The van der Waals surface area contributed by atoms with E-state index in [4.69, 9.17) is 14.5 Å². The van der Waals surface area contributed by atoms with Crippen LogP contribution in [0.1, 0.15) is 24.8 Å². The van der Waals surface area contributed by atoms with Gasteiger partial charge >= 0.3 is 0 Å². The number of hydrogen-bond donors (Lipinski definition) is 1. The Morgan fingerprint density at radius 2 is 1.90 bits per heavy atom. The maximum absolute atomic E-state index is 5.59. The lowest BCUT2D eigenvalue weighted by Crippen LogP contribution is -2.24. The lowest BCUT2D eigenvalue weighted by molar-refractivity contribution is 0.409. The molecule has 3 aromatic rings. The zero-order chi connectivity index (χ0) is 20.1. The molecular formula is C22H29N5O2. The van der Waals surface area contributed by atoms with Crippen molar-refractivity contribution in [1.29, 1.82) is 0 Å². The molecule has 0 saturated carbocycles. The van der Waals surface area contributed by atoms with Gasteiger partial charge < -0.3 is 24.3 Å². The third-order valence-corrected chi connectivity index (χ3v) is 5.45. The van der Waals surface area contributed by atoms with E-state index in [0.717, 1.165) is 67.4 Å². The van der Waals surface area contributed by atoms with E-state index in [1.54, 1.807) is 14.2 Å². The number of benzene rings is 1. The highest BCUT2D eigenvalue weighted by atomic mass is 16.5. The van der Waals surface area contributed by atoms with E-state index in [0.29, 0.717) is 0 Å². The minimum absolute atomic E-state index is 0.777. The SMILES string of the molecule is COc1ccc(OC)c2nc(N3CCCC3)c(CNCCCn3ccnc3)cc12. The summed E-state index contributed by atoms with van der Waals surface area (Å²) in [5, 5.41) is 4.58. The summed E-state index contributed by atoms with van der Waals surface area (Å²) in [7, 11) is 3.39. The molecule has 1 saturated heterocycles. The molecule has 1 fully saturated rings. The van der Waals surface area contributed by atoms with E-state index in [-0.39, 0.29) is 0 Å². The van der Waals surface area contributed by atoms with Crippen LogP contribution in [0.2, 0.25) is 0 Å². The minimum atomic E-state index is 0.777. The molecule has 0 spiro atoms. The van der Waals surface area contributed by atoms with Gasteiger partial charge in [-0.2, -0.15) is 0 Å². The van der Waals surface area contributed by atoms with Crippen LogP contribution in [0.3, 0.4) is 0 Å². The van der Waals surface area contributed by atoms with Crippen molar-refractivity contribution >= 4 is 16.7 Å². The van der Waals surface area contributed by atoms with Crippen LogP contribution in [0, 0.1) is 0 Å². The molecule has 1 aliphatic rings. The third kappa shape index (κ3) is 4.29. The normalized spacial score (nSPS) is 13.9. The third-order valence-electron chi connectivity index (χ3n) is 5.45. The average Bonchev–Trinajstić information content (AvgIpc) is 3.46. The summed E-state index contributed by atoms with van der Waals surface area (Å²) in [5.74, 6) is 2.66. The number of methoxy groups -OCH3 is 2. The van der Waals surface area contributed by atoms with E-state index in [1.807, 2.05) is 30.9 Å². The van der Waals surface area contributed by atoms with Crippen molar-refractivity contribution in [2.45, 2.75) is 32.4 Å². The lowest BCUT2D eigenvalue weighted by atomic mass is 10.1. The number of nitrogens with zero attached hydrogens (tertiary/aromatic N) is 4. The maximum atomic E-state index is 5.59. The number of rotatable bonds is 9. The number of fused-ring (bicyclic) bond motifs is 1. The van der Waals surface area contributed by atoms with Crippen LogP contribution in [0.15, 0.2) is 36.9 Å². The van der Waals surface area contributed by atoms with Gasteiger partial charge in [0.15, 0.2) is 0 Å². The fourth-order valence-electron chi connectivity index (χ4n) is 3.95. The monoisotopic (exact) mass is 395 g/mol. The zero-order valence-electron chi connectivity index (χ0n) is 17.2. The Labute approximate surface area is 171 Å². The maximum Gasteiger partial charge on any atom is 0.145 e. The summed E-state index contributed by atoms with van der Waals surface area (Å²) in [6.45, 7) is 4.79. The molecule has 2 aromatic heterocycles. The van der Waals surface area contributed by atoms with E-state index in [9.17, 15) is 0 Å². The molecule has 0 bridgehead atoms. The Balaban J connectivity index is 1.57. The predicted molar refractivity (Wildman–Crippen MR) is 115 cm³/mol. The summed E-state index contributed by atoms with van der Waals surface area (Å²) >= 11 is 0. The number of anilines is 1. The molecule has 0 aliphatic carbocycles. The van der Waals surface area contributed by atoms with Crippen molar-refractivity contribution in [3.05, 3.63) is 42.5 Å². The van der Waals surface area contributed by atoms with E-state index < -0.39 is 0 Å². The number of imidazole rings is 1. The van der Waals surface area contributed by atoms with Crippen molar-refractivity contribution < 1.29 is 9.47 Å². The molecule has 3 heterocycles. The van der Waals surface area contributed by atoms with Crippen LogP contribution in [0.5, 0.6) is 11.5 Å². The molecule has 7 heteroatoms. The van der Waals surface area contributed by atoms with Gasteiger partial charge in [0, 0.05) is 49.5 Å². The first-order valence-electron chi connectivity index (χ1n) is 10.3. The first-order chi connectivity index (χ1) is 14.3. The predicted octanol–water partition coefficient (Wildman–Crippen LogP) is 3.23. The summed E-state index contributed by atoms with van der Waals surface area (Å²) in [4.78, 5) is 11.5. The number of pyridine rings is 1. The smallest absolute Gasteiger partial charge is 0.145 e. The van der Waals surface area contributed by atoms with Crippen LogP contribution in [-0.2, 0) is 13.1 Å². The van der Waals surface area contributed by atoms with Crippen LogP contribution in [0.4, 0.5) is 5.82 Å². The van der Waals surface area contributed by atoms with Gasteiger partial charge in [0.05, 0.1) is 20.5 Å². The van der Waals surface area contributed by atoms with E-state index in [1.165, 1.54) is 18.4 Å². The van der Waals surface area contributed by atoms with Crippen molar-refractivity contribution in [2.75, 3.05) is 38.8 Å². The fraction of sp³-hybridized carbons (Fsp3) is 0.455. The number of aromatic nitrogens is 3. The zero-order valence-corrected chi connectivity index (χ0v) is 17.2. The molecule has 29 heavy (non-hydrogen) atoms. The molecule has 0 radical (unpaired) electrons. The summed E-state index contributed by atoms with van der Waals surface area (Å²) in [6.07, 6.45) is 9.15. The Morgan fingerprint density at radius 3 is 2.62 bits per heavy atom. The second-order valence-electron chi connectivity index (χ2n) is 7.36. The second kappa shape index (κ2) is 9.13. The standard InChI is InChI=1S/C22H29N5O2/c1-28-19-6-7-20(29-2)21-18(19)14-17(22(25-21)27-11-3-4-12-27)15-23-8-5-10-26-13-9-24-16-26/h6-7,9,13-14,16,23H,3-5,8,10-12,15H2,1-2H3. The topological polar surface area (TPSA) is 64.4 Å². The molecule has 4 rings (SSSR count). The van der Waals surface area contributed by atoms with Gasteiger partial charge in [-0.05, 0) is 44.0 Å².